The Balaban J connectivity index is 1.25. The van der Waals surface area contributed by atoms with Gasteiger partial charge in [0.1, 0.15) is 12.7 Å². The summed E-state index contributed by atoms with van der Waals surface area (Å²) in [6.45, 7) is 0.403. The molecule has 174 valence electrons. The average molecular weight is 453 g/mol. The summed E-state index contributed by atoms with van der Waals surface area (Å²) < 4.78 is 10.7. The molecule has 2 aromatic carbocycles. The summed E-state index contributed by atoms with van der Waals surface area (Å²) in [6.07, 6.45) is 0.0729. The minimum absolute atomic E-state index is 0.0235. The number of nitrogens with one attached hydrogen (secondary N) is 2. The minimum atomic E-state index is -0.946. The van der Waals surface area contributed by atoms with E-state index in [0.717, 1.165) is 22.3 Å². The van der Waals surface area contributed by atoms with Crippen molar-refractivity contribution in [2.75, 3.05) is 20.3 Å². The van der Waals surface area contributed by atoms with Crippen molar-refractivity contribution < 1.29 is 29.0 Å². The first-order valence-corrected chi connectivity index (χ1v) is 11.1. The molecule has 1 saturated carbocycles. The zero-order valence-corrected chi connectivity index (χ0v) is 18.5. The van der Waals surface area contributed by atoms with Gasteiger partial charge in [-0.15, -0.1) is 0 Å². The van der Waals surface area contributed by atoms with Gasteiger partial charge in [-0.2, -0.15) is 0 Å². The first-order chi connectivity index (χ1) is 15.9. The lowest BCUT2D eigenvalue weighted by atomic mass is 9.98. The molecule has 0 aliphatic heterocycles. The quantitative estimate of drug-likeness (QED) is 0.511. The summed E-state index contributed by atoms with van der Waals surface area (Å²) in [4.78, 5) is 35.7. The van der Waals surface area contributed by atoms with Crippen LogP contribution in [0.4, 0.5) is 4.79 Å². The van der Waals surface area contributed by atoms with Crippen LogP contribution in [0.5, 0.6) is 0 Å². The van der Waals surface area contributed by atoms with Crippen LogP contribution in [0, 0.1) is 0 Å². The molecule has 1 fully saturated rings. The van der Waals surface area contributed by atoms with Gasteiger partial charge in [0.2, 0.25) is 5.91 Å². The lowest BCUT2D eigenvalue weighted by Gasteiger charge is -2.20. The third-order valence-electron chi connectivity index (χ3n) is 6.33. The van der Waals surface area contributed by atoms with Gasteiger partial charge < -0.3 is 25.2 Å². The number of carbonyl (C=O) groups is 3. The fourth-order valence-electron chi connectivity index (χ4n) is 4.44. The van der Waals surface area contributed by atoms with Crippen LogP contribution in [-0.2, 0) is 19.1 Å². The molecule has 2 amide bonds. The number of carboxylic acid groups (broad SMARTS) is 1. The van der Waals surface area contributed by atoms with E-state index in [4.69, 9.17) is 14.6 Å². The molecular weight excluding hydrogens is 424 g/mol. The van der Waals surface area contributed by atoms with E-state index < -0.39 is 23.7 Å². The molecule has 2 aliphatic rings. The van der Waals surface area contributed by atoms with E-state index in [9.17, 15) is 14.4 Å². The molecule has 4 rings (SSSR count). The van der Waals surface area contributed by atoms with Crippen molar-refractivity contribution in [1.29, 1.82) is 0 Å². The highest BCUT2D eigenvalue weighted by Gasteiger charge is 2.46. The van der Waals surface area contributed by atoms with Crippen molar-refractivity contribution in [3.63, 3.8) is 0 Å². The Labute approximate surface area is 192 Å². The van der Waals surface area contributed by atoms with Crippen molar-refractivity contribution in [2.24, 2.45) is 0 Å². The van der Waals surface area contributed by atoms with Crippen molar-refractivity contribution in [3.05, 3.63) is 59.7 Å². The Bertz CT molecular complexity index is 1000. The highest BCUT2D eigenvalue weighted by molar-refractivity contribution is 5.83. The molecule has 0 heterocycles. The van der Waals surface area contributed by atoms with Gasteiger partial charge in [-0.25, -0.2) is 4.79 Å². The van der Waals surface area contributed by atoms with E-state index in [2.05, 4.69) is 34.9 Å². The molecule has 0 bridgehead atoms. The highest BCUT2D eigenvalue weighted by atomic mass is 16.5. The summed E-state index contributed by atoms with van der Waals surface area (Å²) in [6, 6.07) is 16.2. The number of amides is 2. The maximum absolute atomic E-state index is 12.4. The number of carbonyl (C=O) groups excluding carboxylic acids is 2. The van der Waals surface area contributed by atoms with Crippen LogP contribution in [0.3, 0.4) is 0 Å². The number of alkyl carbamates (subject to hydrolysis) is 1. The van der Waals surface area contributed by atoms with Crippen molar-refractivity contribution in [1.82, 2.24) is 10.6 Å². The van der Waals surface area contributed by atoms with Crippen LogP contribution in [0.25, 0.3) is 11.1 Å². The fraction of sp³-hybridized carbons (Fsp3) is 0.400. The van der Waals surface area contributed by atoms with E-state index in [0.29, 0.717) is 12.8 Å². The van der Waals surface area contributed by atoms with E-state index in [-0.39, 0.29) is 37.8 Å². The Morgan fingerprint density at radius 3 is 2.21 bits per heavy atom. The number of aliphatic carboxylic acids is 1. The molecule has 2 aromatic rings. The third kappa shape index (κ3) is 5.17. The molecule has 1 unspecified atom stereocenters. The Kier molecular flexibility index (Phi) is 6.65. The van der Waals surface area contributed by atoms with Crippen molar-refractivity contribution in [2.45, 2.75) is 43.2 Å². The second-order valence-corrected chi connectivity index (χ2v) is 8.61. The lowest BCUT2D eigenvalue weighted by molar-refractivity contribution is -0.138. The zero-order chi connectivity index (χ0) is 23.4. The molecule has 8 heteroatoms. The number of hydrogen-bond acceptors (Lipinski definition) is 5. The van der Waals surface area contributed by atoms with E-state index in [1.807, 2.05) is 24.3 Å². The van der Waals surface area contributed by atoms with Crippen LogP contribution >= 0.6 is 0 Å². The summed E-state index contributed by atoms with van der Waals surface area (Å²) in [5.41, 5.74) is 3.93. The van der Waals surface area contributed by atoms with Gasteiger partial charge in [-0.1, -0.05) is 48.5 Å². The lowest BCUT2D eigenvalue weighted by Crippen LogP contribution is -2.45. The number of ether oxygens (including phenoxy) is 2. The SMILES string of the molecule is COC(CCNC(=O)OCC1c2ccccc2-c2ccccc21)C(=O)NC1(CC(=O)O)CC1. The standard InChI is InChI=1S/C25H28N2O6/c1-32-21(23(30)27-25(11-12-25)14-22(28)29)10-13-26-24(31)33-15-20-18-8-4-2-6-16(18)17-7-3-5-9-19(17)20/h2-9,20-21H,10-15H2,1H3,(H,26,31)(H,27,30)(H,28,29). The normalized spacial score (nSPS) is 16.3. The Morgan fingerprint density at radius 2 is 1.67 bits per heavy atom. The summed E-state index contributed by atoms with van der Waals surface area (Å²) >= 11 is 0. The van der Waals surface area contributed by atoms with Gasteiger partial charge in [0.05, 0.1) is 12.0 Å². The molecule has 0 spiro atoms. The van der Waals surface area contributed by atoms with Crippen LogP contribution in [0.1, 0.15) is 42.7 Å². The van der Waals surface area contributed by atoms with Crippen LogP contribution in [0.15, 0.2) is 48.5 Å². The fourth-order valence-corrected chi connectivity index (χ4v) is 4.44. The summed E-state index contributed by atoms with van der Waals surface area (Å²) in [5.74, 6) is -1.34. The molecule has 2 aliphatic carbocycles. The second kappa shape index (κ2) is 9.62. The largest absolute Gasteiger partial charge is 0.481 e. The predicted octanol–water partition coefficient (Wildman–Crippen LogP) is 3.05. The van der Waals surface area contributed by atoms with Gasteiger partial charge >= 0.3 is 12.1 Å². The molecule has 33 heavy (non-hydrogen) atoms. The van der Waals surface area contributed by atoms with E-state index in [1.165, 1.54) is 7.11 Å². The Morgan fingerprint density at radius 1 is 1.06 bits per heavy atom. The van der Waals surface area contributed by atoms with Crippen molar-refractivity contribution in [3.8, 4) is 11.1 Å². The molecule has 0 radical (unpaired) electrons. The Hall–Kier alpha value is -3.39. The zero-order valence-electron chi connectivity index (χ0n) is 18.5. The highest BCUT2D eigenvalue weighted by Crippen LogP contribution is 2.44. The number of hydrogen-bond donors (Lipinski definition) is 3. The molecule has 1 atom stereocenters. The van der Waals surface area contributed by atoms with Crippen LogP contribution < -0.4 is 10.6 Å². The summed E-state index contributed by atoms with van der Waals surface area (Å²) in [7, 11) is 1.41. The maximum Gasteiger partial charge on any atom is 0.407 e. The number of methoxy groups -OCH3 is 1. The number of rotatable bonds is 10. The molecule has 8 nitrogen and oxygen atoms in total. The topological polar surface area (TPSA) is 114 Å². The minimum Gasteiger partial charge on any atom is -0.481 e. The number of benzene rings is 2. The smallest absolute Gasteiger partial charge is 0.407 e. The molecule has 0 aromatic heterocycles. The first kappa shape index (κ1) is 22.8. The summed E-state index contributed by atoms with van der Waals surface area (Å²) in [5, 5.41) is 14.4. The van der Waals surface area contributed by atoms with E-state index in [1.54, 1.807) is 0 Å². The van der Waals surface area contributed by atoms with Gasteiger partial charge in [-0.05, 0) is 35.1 Å². The average Bonchev–Trinajstić information content (AvgIpc) is 3.46. The first-order valence-electron chi connectivity index (χ1n) is 11.1. The van der Waals surface area contributed by atoms with Gasteiger partial charge in [0, 0.05) is 26.0 Å². The maximum atomic E-state index is 12.4. The van der Waals surface area contributed by atoms with Gasteiger partial charge in [0.25, 0.3) is 0 Å². The van der Waals surface area contributed by atoms with Gasteiger partial charge in [-0.3, -0.25) is 9.59 Å². The molecule has 3 N–H and O–H groups in total. The van der Waals surface area contributed by atoms with E-state index >= 15 is 0 Å². The predicted molar refractivity (Wildman–Crippen MR) is 121 cm³/mol. The molecular formula is C25H28N2O6. The monoisotopic (exact) mass is 452 g/mol. The second-order valence-electron chi connectivity index (χ2n) is 8.61. The molecule has 0 saturated heterocycles. The third-order valence-corrected chi connectivity index (χ3v) is 6.33. The number of fused-ring (bicyclic) bond motifs is 3. The van der Waals surface area contributed by atoms with Crippen LogP contribution in [0.2, 0.25) is 0 Å². The number of carboxylic acids is 1. The van der Waals surface area contributed by atoms with Gasteiger partial charge in [0.15, 0.2) is 0 Å². The van der Waals surface area contributed by atoms with Crippen molar-refractivity contribution >= 4 is 18.0 Å². The van der Waals surface area contributed by atoms with Crippen LogP contribution in [-0.4, -0.2) is 55.0 Å².